The maximum Gasteiger partial charge on any atom is 0.214 e. The lowest BCUT2D eigenvalue weighted by molar-refractivity contribution is 0.0638. The van der Waals surface area contributed by atoms with Crippen LogP contribution in [0.5, 0.6) is 0 Å². The third-order valence-corrected chi connectivity index (χ3v) is 4.96. The molecule has 5 nitrogen and oxygen atoms in total. The molecule has 0 saturated carbocycles. The number of hydrogen-bond donors (Lipinski definition) is 2. The Morgan fingerprint density at radius 1 is 1.35 bits per heavy atom. The van der Waals surface area contributed by atoms with Crippen LogP contribution in [0.25, 0.3) is 0 Å². The summed E-state index contributed by atoms with van der Waals surface area (Å²) in [5.41, 5.74) is -0.990. The fourth-order valence-corrected chi connectivity index (χ4v) is 3.81. The lowest BCUT2D eigenvalue weighted by atomic mass is 10.0. The Kier molecular flexibility index (Phi) is 4.95. The average Bonchev–Trinajstić information content (AvgIpc) is 2.15. The van der Waals surface area contributed by atoms with Crippen LogP contribution >= 0.6 is 0 Å². The molecule has 102 valence electrons. The highest BCUT2D eigenvalue weighted by atomic mass is 32.2. The molecule has 0 aliphatic carbocycles. The largest absolute Gasteiger partial charge is 0.389 e. The monoisotopic (exact) mass is 264 g/mol. The molecule has 0 aromatic carbocycles. The Balaban J connectivity index is 2.54. The van der Waals surface area contributed by atoms with E-state index in [9.17, 15) is 13.5 Å². The van der Waals surface area contributed by atoms with Crippen LogP contribution in [0.2, 0.25) is 0 Å². The minimum absolute atomic E-state index is 0.139. The first-order valence-corrected chi connectivity index (χ1v) is 7.69. The van der Waals surface area contributed by atoms with Crippen molar-refractivity contribution in [2.45, 2.75) is 32.3 Å². The van der Waals surface area contributed by atoms with Crippen LogP contribution in [0, 0.1) is 5.92 Å². The van der Waals surface area contributed by atoms with Gasteiger partial charge in [0.2, 0.25) is 10.0 Å². The molecule has 0 amide bonds. The summed E-state index contributed by atoms with van der Waals surface area (Å²) in [6.07, 6.45) is 1.82. The first kappa shape index (κ1) is 14.9. The minimum Gasteiger partial charge on any atom is -0.389 e. The number of hydrogen-bond acceptors (Lipinski definition) is 4. The van der Waals surface area contributed by atoms with Gasteiger partial charge in [-0.15, -0.1) is 0 Å². The van der Waals surface area contributed by atoms with E-state index in [0.29, 0.717) is 0 Å². The van der Waals surface area contributed by atoms with E-state index in [1.165, 1.54) is 11.4 Å². The molecule has 1 fully saturated rings. The summed E-state index contributed by atoms with van der Waals surface area (Å²) in [5, 5.41) is 12.9. The number of piperidine rings is 1. The van der Waals surface area contributed by atoms with E-state index in [0.717, 1.165) is 25.9 Å². The summed E-state index contributed by atoms with van der Waals surface area (Å²) < 4.78 is 25.4. The first-order chi connectivity index (χ1) is 7.71. The highest BCUT2D eigenvalue weighted by molar-refractivity contribution is 7.89. The average molecular weight is 264 g/mol. The van der Waals surface area contributed by atoms with Gasteiger partial charge in [-0.25, -0.2) is 12.7 Å². The van der Waals surface area contributed by atoms with Gasteiger partial charge in [0.25, 0.3) is 0 Å². The van der Waals surface area contributed by atoms with Crippen LogP contribution in [-0.4, -0.2) is 55.9 Å². The molecule has 0 aromatic heterocycles. The highest BCUT2D eigenvalue weighted by Crippen LogP contribution is 2.17. The number of rotatable bonds is 5. The lowest BCUT2D eigenvalue weighted by Crippen LogP contribution is -2.42. The van der Waals surface area contributed by atoms with E-state index in [2.05, 4.69) is 5.32 Å². The molecule has 6 heteroatoms. The summed E-state index contributed by atoms with van der Waals surface area (Å²) >= 11 is 0. The summed E-state index contributed by atoms with van der Waals surface area (Å²) in [7, 11) is -1.71. The second-order valence-electron chi connectivity index (χ2n) is 5.54. The van der Waals surface area contributed by atoms with Crippen molar-refractivity contribution in [2.24, 2.45) is 5.92 Å². The lowest BCUT2D eigenvalue weighted by Gasteiger charge is -2.28. The summed E-state index contributed by atoms with van der Waals surface area (Å²) in [5.74, 6) is 0.437. The van der Waals surface area contributed by atoms with Gasteiger partial charge in [-0.2, -0.15) is 0 Å². The molecule has 1 saturated heterocycles. The number of nitrogens with one attached hydrogen (secondary N) is 1. The predicted molar refractivity (Wildman–Crippen MR) is 68.3 cm³/mol. The summed E-state index contributed by atoms with van der Waals surface area (Å²) in [6, 6.07) is 0. The summed E-state index contributed by atoms with van der Waals surface area (Å²) in [6.45, 7) is 5.16. The standard InChI is InChI=1S/C11H24N2O3S/c1-11(2,14)9-13(3)17(15,16)8-10-4-6-12-7-5-10/h10,12,14H,4-9H2,1-3H3. The van der Waals surface area contributed by atoms with Crippen LogP contribution in [0.15, 0.2) is 0 Å². The zero-order valence-electron chi connectivity index (χ0n) is 10.9. The van der Waals surface area contributed by atoms with Crippen molar-refractivity contribution in [3.63, 3.8) is 0 Å². The zero-order valence-corrected chi connectivity index (χ0v) is 11.8. The molecular formula is C11H24N2O3S. The Bertz CT molecular complexity index is 329. The van der Waals surface area contributed by atoms with E-state index in [1.54, 1.807) is 13.8 Å². The molecule has 0 radical (unpaired) electrons. The molecule has 0 atom stereocenters. The van der Waals surface area contributed by atoms with Crippen molar-refractivity contribution in [3.8, 4) is 0 Å². The fraction of sp³-hybridized carbons (Fsp3) is 1.00. The molecule has 1 aliphatic rings. The molecule has 1 aliphatic heterocycles. The third-order valence-electron chi connectivity index (χ3n) is 2.99. The van der Waals surface area contributed by atoms with Gasteiger partial charge < -0.3 is 10.4 Å². The Hall–Kier alpha value is -0.170. The van der Waals surface area contributed by atoms with Crippen molar-refractivity contribution in [3.05, 3.63) is 0 Å². The van der Waals surface area contributed by atoms with E-state index in [1.807, 2.05) is 0 Å². The molecule has 0 bridgehead atoms. The van der Waals surface area contributed by atoms with Gasteiger partial charge >= 0.3 is 0 Å². The van der Waals surface area contributed by atoms with Gasteiger partial charge in [-0.3, -0.25) is 0 Å². The minimum atomic E-state index is -3.25. The topological polar surface area (TPSA) is 69.6 Å². The van der Waals surface area contributed by atoms with E-state index >= 15 is 0 Å². The molecule has 17 heavy (non-hydrogen) atoms. The van der Waals surface area contributed by atoms with E-state index < -0.39 is 15.6 Å². The van der Waals surface area contributed by atoms with Crippen molar-refractivity contribution >= 4 is 10.0 Å². The SMILES string of the molecule is CN(CC(C)(C)O)S(=O)(=O)CC1CCNCC1. The number of nitrogens with zero attached hydrogens (tertiary/aromatic N) is 1. The van der Waals surface area contributed by atoms with Crippen LogP contribution in [0.4, 0.5) is 0 Å². The molecular weight excluding hydrogens is 240 g/mol. The van der Waals surface area contributed by atoms with Crippen molar-refractivity contribution < 1.29 is 13.5 Å². The number of sulfonamides is 1. The number of likely N-dealkylation sites (N-methyl/N-ethyl adjacent to an activating group) is 1. The predicted octanol–water partition coefficient (Wildman–Crippen LogP) is 0.0185. The summed E-state index contributed by atoms with van der Waals surface area (Å²) in [4.78, 5) is 0. The fourth-order valence-electron chi connectivity index (χ4n) is 2.12. The van der Waals surface area contributed by atoms with Gasteiger partial charge in [0.15, 0.2) is 0 Å². The van der Waals surface area contributed by atoms with Crippen molar-refractivity contribution in [1.29, 1.82) is 0 Å². The first-order valence-electron chi connectivity index (χ1n) is 6.08. The normalized spacial score (nSPS) is 19.8. The number of aliphatic hydroxyl groups is 1. The third kappa shape index (κ3) is 5.33. The maximum absolute atomic E-state index is 12.1. The molecule has 0 unspecified atom stereocenters. The Morgan fingerprint density at radius 3 is 2.35 bits per heavy atom. The zero-order chi connectivity index (χ0) is 13.1. The van der Waals surface area contributed by atoms with Gasteiger partial charge in [-0.1, -0.05) is 0 Å². The van der Waals surface area contributed by atoms with Crippen molar-refractivity contribution in [1.82, 2.24) is 9.62 Å². The van der Waals surface area contributed by atoms with Gasteiger partial charge in [0.05, 0.1) is 11.4 Å². The van der Waals surface area contributed by atoms with Crippen LogP contribution in [-0.2, 0) is 10.0 Å². The van der Waals surface area contributed by atoms with Crippen molar-refractivity contribution in [2.75, 3.05) is 32.4 Å². The molecule has 0 aromatic rings. The molecule has 1 heterocycles. The second kappa shape index (κ2) is 5.65. The van der Waals surface area contributed by atoms with Gasteiger partial charge in [-0.05, 0) is 45.7 Å². The van der Waals surface area contributed by atoms with Crippen LogP contribution in [0.1, 0.15) is 26.7 Å². The molecule has 2 N–H and O–H groups in total. The maximum atomic E-state index is 12.1. The smallest absolute Gasteiger partial charge is 0.214 e. The Morgan fingerprint density at radius 2 is 1.88 bits per heavy atom. The highest BCUT2D eigenvalue weighted by Gasteiger charge is 2.28. The van der Waals surface area contributed by atoms with Crippen LogP contribution in [0.3, 0.4) is 0 Å². The van der Waals surface area contributed by atoms with Gasteiger partial charge in [0, 0.05) is 13.6 Å². The second-order valence-corrected chi connectivity index (χ2v) is 7.66. The Labute approximate surface area is 104 Å². The van der Waals surface area contributed by atoms with E-state index in [-0.39, 0.29) is 18.2 Å². The molecule has 0 spiro atoms. The van der Waals surface area contributed by atoms with Gasteiger partial charge in [0.1, 0.15) is 0 Å². The quantitative estimate of drug-likeness (QED) is 0.734. The van der Waals surface area contributed by atoms with Crippen LogP contribution < -0.4 is 5.32 Å². The van der Waals surface area contributed by atoms with E-state index in [4.69, 9.17) is 0 Å². The molecule has 1 rings (SSSR count).